The second kappa shape index (κ2) is 7.28. The molecule has 1 aromatic carbocycles. The van der Waals surface area contributed by atoms with Gasteiger partial charge in [-0.1, -0.05) is 18.2 Å². The highest BCUT2D eigenvalue weighted by atomic mass is 16.6. The van der Waals surface area contributed by atoms with E-state index >= 15 is 0 Å². The maximum atomic E-state index is 8.90. The molecule has 1 aromatic rings. The number of hydrogen-bond donors (Lipinski definition) is 1. The third-order valence-electron chi connectivity index (χ3n) is 2.73. The van der Waals surface area contributed by atoms with Crippen LogP contribution in [0.3, 0.4) is 0 Å². The van der Waals surface area contributed by atoms with Crippen LogP contribution < -0.4 is 0 Å². The van der Waals surface area contributed by atoms with Gasteiger partial charge in [-0.3, -0.25) is 0 Å². The predicted octanol–water partition coefficient (Wildman–Crippen LogP) is 1.92. The number of phenolic OH excluding ortho intramolecular Hbond substituents is 1. The van der Waals surface area contributed by atoms with Crippen molar-refractivity contribution < 1.29 is 19.3 Å². The fourth-order valence-electron chi connectivity index (χ4n) is 1.46. The molecule has 2 saturated heterocycles. The lowest BCUT2D eigenvalue weighted by atomic mass is 10.1. The van der Waals surface area contributed by atoms with Crippen LogP contribution in [0, 0.1) is 0 Å². The van der Waals surface area contributed by atoms with Gasteiger partial charge in [0.2, 0.25) is 0 Å². The molecule has 4 nitrogen and oxygen atoms in total. The summed E-state index contributed by atoms with van der Waals surface area (Å²) in [5.41, 5.74) is 1.17. The van der Waals surface area contributed by atoms with Crippen LogP contribution in [-0.4, -0.2) is 43.7 Å². The Balaban J connectivity index is 0.000000141. The molecule has 4 heteroatoms. The van der Waals surface area contributed by atoms with E-state index < -0.39 is 0 Å². The maximum absolute atomic E-state index is 8.90. The second-order valence-electron chi connectivity index (χ2n) is 4.61. The van der Waals surface area contributed by atoms with Crippen LogP contribution in [0.4, 0.5) is 0 Å². The summed E-state index contributed by atoms with van der Waals surface area (Å²) < 4.78 is 15.1. The fraction of sp³-hybridized carbons (Fsp3) is 0.467. The summed E-state index contributed by atoms with van der Waals surface area (Å²) in [6, 6.07) is 7.13. The topological polar surface area (TPSA) is 54.5 Å². The highest BCUT2D eigenvalue weighted by Gasteiger charge is 2.26. The molecule has 0 bridgehead atoms. The molecular weight excluding hydrogens is 244 g/mol. The SMILES string of the molecule is C(OCC1CO1)C1CO1.C=CCc1ccc(O)cc1. The van der Waals surface area contributed by atoms with E-state index in [0.29, 0.717) is 18.0 Å². The molecule has 0 saturated carbocycles. The van der Waals surface area contributed by atoms with Crippen molar-refractivity contribution in [2.45, 2.75) is 18.6 Å². The molecule has 2 heterocycles. The number of rotatable bonds is 6. The molecule has 2 fully saturated rings. The van der Waals surface area contributed by atoms with Crippen molar-refractivity contribution in [3.8, 4) is 5.75 Å². The highest BCUT2D eigenvalue weighted by Crippen LogP contribution is 2.12. The monoisotopic (exact) mass is 264 g/mol. The van der Waals surface area contributed by atoms with Crippen molar-refractivity contribution in [3.05, 3.63) is 42.5 Å². The normalized spacial score (nSPS) is 23.2. The first-order valence-electron chi connectivity index (χ1n) is 6.47. The average Bonchev–Trinajstić information content (AvgIpc) is 3.27. The van der Waals surface area contributed by atoms with E-state index in [0.717, 1.165) is 32.8 Å². The van der Waals surface area contributed by atoms with Gasteiger partial charge in [0.25, 0.3) is 0 Å². The van der Waals surface area contributed by atoms with Crippen LogP contribution in [0.5, 0.6) is 5.75 Å². The molecule has 2 unspecified atom stereocenters. The summed E-state index contributed by atoms with van der Waals surface area (Å²) in [7, 11) is 0. The first-order chi connectivity index (χ1) is 9.28. The van der Waals surface area contributed by atoms with E-state index in [1.807, 2.05) is 18.2 Å². The van der Waals surface area contributed by atoms with Gasteiger partial charge in [0, 0.05) is 0 Å². The zero-order chi connectivity index (χ0) is 13.5. The lowest BCUT2D eigenvalue weighted by Crippen LogP contribution is -2.06. The largest absolute Gasteiger partial charge is 0.508 e. The van der Waals surface area contributed by atoms with Crippen molar-refractivity contribution in [2.75, 3.05) is 26.4 Å². The van der Waals surface area contributed by atoms with Gasteiger partial charge in [-0.05, 0) is 24.1 Å². The first-order valence-corrected chi connectivity index (χ1v) is 6.47. The van der Waals surface area contributed by atoms with Crippen molar-refractivity contribution >= 4 is 0 Å². The Bertz CT molecular complexity index is 368. The standard InChI is InChI=1S/C9H10O.C6H10O3/c1-2-3-8-4-6-9(10)7-5-8;1(5-3-8-5)7-2-6-4-9-6/h2,4-7,10H,1,3H2;5-6H,1-4H2. The van der Waals surface area contributed by atoms with Gasteiger partial charge in [-0.25, -0.2) is 0 Å². The van der Waals surface area contributed by atoms with Crippen LogP contribution in [0.25, 0.3) is 0 Å². The number of benzene rings is 1. The van der Waals surface area contributed by atoms with E-state index in [2.05, 4.69) is 6.58 Å². The fourth-order valence-corrected chi connectivity index (χ4v) is 1.46. The number of allylic oxidation sites excluding steroid dienone is 1. The lowest BCUT2D eigenvalue weighted by Gasteiger charge is -1.95. The molecule has 2 atom stereocenters. The Kier molecular flexibility index (Phi) is 5.39. The number of ether oxygens (including phenoxy) is 3. The first kappa shape index (κ1) is 14.1. The zero-order valence-corrected chi connectivity index (χ0v) is 11.0. The van der Waals surface area contributed by atoms with Crippen LogP contribution in [0.15, 0.2) is 36.9 Å². The third kappa shape index (κ3) is 6.38. The van der Waals surface area contributed by atoms with Crippen molar-refractivity contribution in [3.63, 3.8) is 0 Å². The molecule has 0 aromatic heterocycles. The Hall–Kier alpha value is -1.36. The van der Waals surface area contributed by atoms with Gasteiger partial charge in [-0.15, -0.1) is 6.58 Å². The Morgan fingerprint density at radius 1 is 1.16 bits per heavy atom. The smallest absolute Gasteiger partial charge is 0.115 e. The minimum Gasteiger partial charge on any atom is -0.508 e. The molecular formula is C15H20O4. The number of aromatic hydroxyl groups is 1. The molecule has 104 valence electrons. The van der Waals surface area contributed by atoms with Crippen LogP contribution >= 0.6 is 0 Å². The predicted molar refractivity (Wildman–Crippen MR) is 72.3 cm³/mol. The van der Waals surface area contributed by atoms with E-state index in [1.54, 1.807) is 12.1 Å². The van der Waals surface area contributed by atoms with Crippen molar-refractivity contribution in [1.29, 1.82) is 0 Å². The molecule has 0 amide bonds. The summed E-state index contributed by atoms with van der Waals surface area (Å²) >= 11 is 0. The maximum Gasteiger partial charge on any atom is 0.115 e. The van der Waals surface area contributed by atoms with E-state index in [1.165, 1.54) is 5.56 Å². The number of hydrogen-bond acceptors (Lipinski definition) is 4. The van der Waals surface area contributed by atoms with Crippen LogP contribution in [0.2, 0.25) is 0 Å². The van der Waals surface area contributed by atoms with Crippen molar-refractivity contribution in [2.24, 2.45) is 0 Å². The Labute approximate surface area is 113 Å². The van der Waals surface area contributed by atoms with Gasteiger partial charge in [-0.2, -0.15) is 0 Å². The Morgan fingerprint density at radius 3 is 2.11 bits per heavy atom. The molecule has 1 N–H and O–H groups in total. The highest BCUT2D eigenvalue weighted by molar-refractivity contribution is 5.26. The van der Waals surface area contributed by atoms with E-state index in [4.69, 9.17) is 19.3 Å². The molecule has 0 aliphatic carbocycles. The minimum absolute atomic E-state index is 0.313. The third-order valence-corrected chi connectivity index (χ3v) is 2.73. The summed E-state index contributed by atoms with van der Waals surface area (Å²) in [5, 5.41) is 8.90. The molecule has 0 spiro atoms. The molecule has 0 radical (unpaired) electrons. The van der Waals surface area contributed by atoms with Crippen LogP contribution in [0.1, 0.15) is 5.56 Å². The average molecular weight is 264 g/mol. The lowest BCUT2D eigenvalue weighted by molar-refractivity contribution is 0.102. The molecule has 3 rings (SSSR count). The number of phenols is 1. The van der Waals surface area contributed by atoms with Gasteiger partial charge in [0.05, 0.1) is 26.4 Å². The summed E-state index contributed by atoms with van der Waals surface area (Å²) in [4.78, 5) is 0. The molecule has 2 aliphatic rings. The summed E-state index contributed by atoms with van der Waals surface area (Å²) in [6.07, 6.45) is 3.49. The van der Waals surface area contributed by atoms with Gasteiger partial charge >= 0.3 is 0 Å². The van der Waals surface area contributed by atoms with Crippen molar-refractivity contribution in [1.82, 2.24) is 0 Å². The summed E-state index contributed by atoms with van der Waals surface area (Å²) in [5.74, 6) is 0.313. The van der Waals surface area contributed by atoms with E-state index in [-0.39, 0.29) is 0 Å². The summed E-state index contributed by atoms with van der Waals surface area (Å²) in [6.45, 7) is 6.88. The minimum atomic E-state index is 0.313. The molecule has 2 aliphatic heterocycles. The van der Waals surface area contributed by atoms with Gasteiger partial charge in [0.15, 0.2) is 0 Å². The van der Waals surface area contributed by atoms with Gasteiger partial charge in [0.1, 0.15) is 18.0 Å². The second-order valence-corrected chi connectivity index (χ2v) is 4.61. The molecule has 19 heavy (non-hydrogen) atoms. The number of epoxide rings is 2. The Morgan fingerprint density at radius 2 is 1.68 bits per heavy atom. The van der Waals surface area contributed by atoms with Gasteiger partial charge < -0.3 is 19.3 Å². The zero-order valence-electron chi connectivity index (χ0n) is 11.0. The quantitative estimate of drug-likeness (QED) is 0.630. The van der Waals surface area contributed by atoms with E-state index in [9.17, 15) is 0 Å². The van der Waals surface area contributed by atoms with Crippen LogP contribution in [-0.2, 0) is 20.6 Å².